The van der Waals surface area contributed by atoms with E-state index in [1.165, 1.54) is 17.0 Å². The van der Waals surface area contributed by atoms with Crippen LogP contribution in [0.4, 0.5) is 10.1 Å². The Kier molecular flexibility index (Phi) is 8.57. The molecule has 4 rings (SSSR count). The van der Waals surface area contributed by atoms with E-state index >= 15 is 0 Å². The number of anilines is 1. The summed E-state index contributed by atoms with van der Waals surface area (Å²) in [6.07, 6.45) is 3.75. The fourth-order valence-electron chi connectivity index (χ4n) is 4.56. The summed E-state index contributed by atoms with van der Waals surface area (Å²) in [6.45, 7) is 2.32. The van der Waals surface area contributed by atoms with Crippen LogP contribution in [0.3, 0.4) is 0 Å². The van der Waals surface area contributed by atoms with Gasteiger partial charge in [0.2, 0.25) is 5.91 Å². The molecule has 0 unspecified atom stereocenters. The number of nitrogen functional groups attached to an aromatic ring is 1. The summed E-state index contributed by atoms with van der Waals surface area (Å²) in [5.41, 5.74) is 12.3. The van der Waals surface area contributed by atoms with Crippen molar-refractivity contribution >= 4 is 34.9 Å². The second-order valence-electron chi connectivity index (χ2n) is 9.09. The molecule has 200 valence electrons. The first-order valence-corrected chi connectivity index (χ1v) is 13.2. The van der Waals surface area contributed by atoms with Crippen LogP contribution in [0.15, 0.2) is 48.5 Å². The summed E-state index contributed by atoms with van der Waals surface area (Å²) in [6, 6.07) is 11.6. The molecule has 5 N–H and O–H groups in total. The highest BCUT2D eigenvalue weighted by Gasteiger charge is 2.36. The molecular weight excluding hydrogens is 509 g/mol. The van der Waals surface area contributed by atoms with Crippen LogP contribution in [0.5, 0.6) is 5.75 Å². The molecule has 1 atom stereocenters. The van der Waals surface area contributed by atoms with E-state index in [1.54, 1.807) is 36.4 Å². The Hall–Kier alpha value is -3.99. The minimum Gasteiger partial charge on any atom is -0.494 e. The number of carbonyl (C=O) groups excluding carboxylic acids is 3. The van der Waals surface area contributed by atoms with Crippen LogP contribution in [-0.4, -0.2) is 39.6 Å². The number of primary amides is 1. The van der Waals surface area contributed by atoms with Crippen LogP contribution >= 0.6 is 11.5 Å². The quantitative estimate of drug-likeness (QED) is 0.358. The number of ether oxygens (including phenoxy) is 1. The van der Waals surface area contributed by atoms with Crippen molar-refractivity contribution in [2.24, 2.45) is 5.73 Å². The van der Waals surface area contributed by atoms with E-state index in [1.807, 2.05) is 6.92 Å². The van der Waals surface area contributed by atoms with Gasteiger partial charge in [0.05, 0.1) is 12.3 Å². The number of nitrogens with two attached hydrogens (primary N) is 2. The number of hydrogen-bond donors (Lipinski definition) is 3. The predicted octanol–water partition coefficient (Wildman–Crippen LogP) is 3.80. The molecule has 0 spiro atoms. The maximum Gasteiger partial charge on any atom is 0.270 e. The van der Waals surface area contributed by atoms with Gasteiger partial charge < -0.3 is 26.4 Å². The molecular formula is C27H30FN5O4S. The van der Waals surface area contributed by atoms with Gasteiger partial charge in [-0.15, -0.1) is 0 Å². The van der Waals surface area contributed by atoms with Crippen molar-refractivity contribution in [3.8, 4) is 5.75 Å². The van der Waals surface area contributed by atoms with Crippen molar-refractivity contribution in [3.63, 3.8) is 0 Å². The van der Waals surface area contributed by atoms with Gasteiger partial charge in [0.1, 0.15) is 22.5 Å². The number of nitrogens with zero attached hydrogens (tertiary/aromatic N) is 2. The molecule has 0 saturated heterocycles. The highest BCUT2D eigenvalue weighted by Crippen LogP contribution is 2.32. The minimum atomic E-state index is -1.05. The number of carbonyl (C=O) groups is 3. The third kappa shape index (κ3) is 6.10. The summed E-state index contributed by atoms with van der Waals surface area (Å²) >= 11 is 0.741. The van der Waals surface area contributed by atoms with Gasteiger partial charge in [-0.1, -0.05) is 37.1 Å². The summed E-state index contributed by atoms with van der Waals surface area (Å²) in [5.74, 6) is -1.61. The van der Waals surface area contributed by atoms with Crippen molar-refractivity contribution in [3.05, 3.63) is 76.0 Å². The van der Waals surface area contributed by atoms with Gasteiger partial charge in [-0.05, 0) is 66.7 Å². The van der Waals surface area contributed by atoms with E-state index in [0.29, 0.717) is 23.5 Å². The lowest BCUT2D eigenvalue weighted by molar-refractivity contribution is -0.126. The fourth-order valence-corrected chi connectivity index (χ4v) is 5.32. The van der Waals surface area contributed by atoms with E-state index in [0.717, 1.165) is 37.2 Å². The normalized spacial score (nSPS) is 14.2. The van der Waals surface area contributed by atoms with E-state index < -0.39 is 23.7 Å². The Balaban J connectivity index is 1.78. The first-order valence-electron chi connectivity index (χ1n) is 12.4. The predicted molar refractivity (Wildman–Crippen MR) is 142 cm³/mol. The number of aromatic nitrogens is 1. The molecule has 0 bridgehead atoms. The molecule has 9 nitrogen and oxygen atoms in total. The first kappa shape index (κ1) is 27.1. The zero-order valence-electron chi connectivity index (χ0n) is 21.0. The van der Waals surface area contributed by atoms with Crippen molar-refractivity contribution < 1.29 is 23.5 Å². The van der Waals surface area contributed by atoms with Crippen molar-refractivity contribution in [2.45, 2.75) is 51.2 Å². The number of amides is 3. The lowest BCUT2D eigenvalue weighted by atomic mass is 10.0. The van der Waals surface area contributed by atoms with Gasteiger partial charge in [0.15, 0.2) is 5.69 Å². The molecule has 1 aliphatic carbocycles. The number of benzene rings is 2. The minimum absolute atomic E-state index is 0.00501. The van der Waals surface area contributed by atoms with Crippen LogP contribution in [-0.2, 0) is 11.3 Å². The lowest BCUT2D eigenvalue weighted by Crippen LogP contribution is -2.45. The molecule has 11 heteroatoms. The lowest BCUT2D eigenvalue weighted by Gasteiger charge is -2.32. The Bertz CT molecular complexity index is 1290. The number of hydrogen-bond acceptors (Lipinski definition) is 7. The Morgan fingerprint density at radius 3 is 2.37 bits per heavy atom. The van der Waals surface area contributed by atoms with Crippen LogP contribution < -0.4 is 21.5 Å². The molecule has 3 amide bonds. The van der Waals surface area contributed by atoms with Crippen molar-refractivity contribution in [2.75, 3.05) is 12.3 Å². The van der Waals surface area contributed by atoms with E-state index in [-0.39, 0.29) is 34.8 Å². The molecule has 1 saturated carbocycles. The van der Waals surface area contributed by atoms with Crippen LogP contribution in [0, 0.1) is 5.82 Å². The average molecular weight is 540 g/mol. The molecule has 1 heterocycles. The smallest absolute Gasteiger partial charge is 0.270 e. The Labute approximate surface area is 224 Å². The number of nitrogens with one attached hydrogen (secondary N) is 1. The van der Waals surface area contributed by atoms with Gasteiger partial charge in [0.25, 0.3) is 11.8 Å². The fraction of sp³-hybridized carbons (Fsp3) is 0.333. The third-order valence-corrected chi connectivity index (χ3v) is 7.30. The Morgan fingerprint density at radius 2 is 1.79 bits per heavy atom. The van der Waals surface area contributed by atoms with E-state index in [2.05, 4.69) is 9.69 Å². The van der Waals surface area contributed by atoms with Gasteiger partial charge in [0, 0.05) is 12.6 Å². The summed E-state index contributed by atoms with van der Waals surface area (Å²) in [4.78, 5) is 40.9. The number of halogens is 1. The average Bonchev–Trinajstić information content (AvgIpc) is 3.55. The zero-order chi connectivity index (χ0) is 27.2. The number of rotatable bonds is 10. The van der Waals surface area contributed by atoms with Crippen LogP contribution in [0.25, 0.3) is 0 Å². The second kappa shape index (κ2) is 12.0. The Morgan fingerprint density at radius 1 is 1.13 bits per heavy atom. The maximum absolute atomic E-state index is 14.0. The SMILES string of the molecule is CCOc1ccc([C@@H](C(=O)NC2CCCC2)N(Cc2ccc(F)cc2)C(=O)c2snc(C(N)=O)c2N)cc1. The largest absolute Gasteiger partial charge is 0.494 e. The topological polar surface area (TPSA) is 141 Å². The molecule has 38 heavy (non-hydrogen) atoms. The van der Waals surface area contributed by atoms with Crippen LogP contribution in [0.2, 0.25) is 0 Å². The highest BCUT2D eigenvalue weighted by molar-refractivity contribution is 7.09. The standard InChI is InChI=1S/C27H30FN5O4S/c1-2-37-20-13-9-17(10-14-20)23(26(35)31-19-5-3-4-6-19)33(15-16-7-11-18(28)12-8-16)27(36)24-21(29)22(25(30)34)32-38-24/h7-14,19,23H,2-6,15,29H2,1H3,(H2,30,34)(H,31,35)/t23-/m0/s1. The molecule has 3 aromatic rings. The summed E-state index contributed by atoms with van der Waals surface area (Å²) in [5, 5.41) is 3.10. The molecule has 1 fully saturated rings. The monoisotopic (exact) mass is 539 g/mol. The van der Waals surface area contributed by atoms with E-state index in [4.69, 9.17) is 16.2 Å². The first-order chi connectivity index (χ1) is 18.3. The third-order valence-electron chi connectivity index (χ3n) is 6.45. The molecule has 0 radical (unpaired) electrons. The molecule has 1 aromatic heterocycles. The van der Waals surface area contributed by atoms with Gasteiger partial charge in [-0.25, -0.2) is 4.39 Å². The molecule has 1 aliphatic rings. The van der Waals surface area contributed by atoms with Crippen molar-refractivity contribution in [1.82, 2.24) is 14.6 Å². The second-order valence-corrected chi connectivity index (χ2v) is 9.87. The molecule has 2 aromatic carbocycles. The molecule has 0 aliphatic heterocycles. The van der Waals surface area contributed by atoms with Gasteiger partial charge in [-0.3, -0.25) is 14.4 Å². The maximum atomic E-state index is 14.0. The van der Waals surface area contributed by atoms with E-state index in [9.17, 15) is 18.8 Å². The van der Waals surface area contributed by atoms with Gasteiger partial charge in [-0.2, -0.15) is 4.37 Å². The summed E-state index contributed by atoms with van der Waals surface area (Å²) < 4.78 is 23.1. The highest BCUT2D eigenvalue weighted by atomic mass is 32.1. The zero-order valence-corrected chi connectivity index (χ0v) is 21.8. The van der Waals surface area contributed by atoms with Gasteiger partial charge >= 0.3 is 0 Å². The van der Waals surface area contributed by atoms with Crippen LogP contribution in [0.1, 0.15) is 69.9 Å². The summed E-state index contributed by atoms with van der Waals surface area (Å²) in [7, 11) is 0. The van der Waals surface area contributed by atoms with Crippen molar-refractivity contribution in [1.29, 1.82) is 0 Å².